The van der Waals surface area contributed by atoms with Crippen molar-refractivity contribution < 1.29 is 27.4 Å². The number of alkyl halides is 3. The minimum Gasteiger partial charge on any atom is -0.489 e. The smallest absolute Gasteiger partial charge is 0.417 e. The van der Waals surface area contributed by atoms with Crippen molar-refractivity contribution in [2.75, 3.05) is 43.6 Å². The molecule has 36 heavy (non-hydrogen) atoms. The van der Waals surface area contributed by atoms with E-state index >= 15 is 0 Å². The standard InChI is InChI=1S/C27H28F3N3O3/c1-18-8-9-23(32-26(34)19-6-4-3-5-7-19)24(25(18)27(28,29)30)20-10-11-33(17-20)21-14-22(16-31-15-21)36-13-12-35-2/h3-9,14-16,20H,10-13,17H2,1-2H3,(H,32,34)/t20-/m1/s1. The molecular weight excluding hydrogens is 471 g/mol. The topological polar surface area (TPSA) is 63.7 Å². The molecule has 1 aliphatic heterocycles. The molecule has 1 atom stereocenters. The van der Waals surface area contributed by atoms with Crippen LogP contribution in [0.3, 0.4) is 0 Å². The van der Waals surface area contributed by atoms with Gasteiger partial charge in [-0.2, -0.15) is 13.2 Å². The number of ether oxygens (including phenoxy) is 2. The van der Waals surface area contributed by atoms with Gasteiger partial charge in [0.15, 0.2) is 0 Å². The number of benzene rings is 2. The number of aryl methyl sites for hydroxylation is 1. The maximum atomic E-state index is 14.3. The summed E-state index contributed by atoms with van der Waals surface area (Å²) < 4.78 is 53.4. The Morgan fingerprint density at radius 2 is 1.92 bits per heavy atom. The van der Waals surface area contributed by atoms with Gasteiger partial charge in [0.25, 0.3) is 5.91 Å². The molecule has 2 aromatic carbocycles. The first-order valence-electron chi connectivity index (χ1n) is 11.7. The molecule has 0 aliphatic carbocycles. The fourth-order valence-corrected chi connectivity index (χ4v) is 4.55. The number of nitrogens with one attached hydrogen (secondary N) is 1. The van der Waals surface area contributed by atoms with E-state index in [0.717, 1.165) is 5.69 Å². The number of amides is 1. The van der Waals surface area contributed by atoms with E-state index in [4.69, 9.17) is 9.47 Å². The van der Waals surface area contributed by atoms with Crippen LogP contribution in [0.25, 0.3) is 0 Å². The second-order valence-corrected chi connectivity index (χ2v) is 8.69. The summed E-state index contributed by atoms with van der Waals surface area (Å²) in [5.41, 5.74) is 0.891. The van der Waals surface area contributed by atoms with Gasteiger partial charge in [-0.25, -0.2) is 0 Å². The number of carbonyl (C=O) groups excluding carboxylic acids is 1. The van der Waals surface area contributed by atoms with E-state index in [1.54, 1.807) is 55.9 Å². The Bertz CT molecular complexity index is 1200. The van der Waals surface area contributed by atoms with E-state index in [-0.39, 0.29) is 16.8 Å². The lowest BCUT2D eigenvalue weighted by atomic mass is 9.88. The second kappa shape index (κ2) is 11.0. The van der Waals surface area contributed by atoms with E-state index in [1.807, 2.05) is 11.0 Å². The summed E-state index contributed by atoms with van der Waals surface area (Å²) in [6.07, 6.45) is -0.802. The summed E-state index contributed by atoms with van der Waals surface area (Å²) in [4.78, 5) is 19.0. The number of methoxy groups -OCH3 is 1. The van der Waals surface area contributed by atoms with Crippen LogP contribution in [0.5, 0.6) is 5.75 Å². The molecule has 9 heteroatoms. The van der Waals surface area contributed by atoms with E-state index < -0.39 is 23.6 Å². The Labute approximate surface area is 208 Å². The summed E-state index contributed by atoms with van der Waals surface area (Å²) in [6.45, 7) is 3.15. The average Bonchev–Trinajstić information content (AvgIpc) is 3.35. The van der Waals surface area contributed by atoms with Gasteiger partial charge in [-0.05, 0) is 42.7 Å². The van der Waals surface area contributed by atoms with E-state index in [0.29, 0.717) is 44.0 Å². The molecule has 1 aromatic heterocycles. The maximum absolute atomic E-state index is 14.3. The van der Waals surface area contributed by atoms with Crippen molar-refractivity contribution in [3.05, 3.63) is 83.2 Å². The molecule has 6 nitrogen and oxygen atoms in total. The SMILES string of the molecule is COCCOc1cncc(N2CC[C@@H](c3c(NC(=O)c4ccccc4)ccc(C)c3C(F)(F)F)C2)c1. The number of hydrogen-bond acceptors (Lipinski definition) is 5. The summed E-state index contributed by atoms with van der Waals surface area (Å²) >= 11 is 0. The van der Waals surface area contributed by atoms with Crippen molar-refractivity contribution in [1.29, 1.82) is 0 Å². The van der Waals surface area contributed by atoms with Crippen molar-refractivity contribution in [1.82, 2.24) is 4.98 Å². The molecule has 2 heterocycles. The summed E-state index contributed by atoms with van der Waals surface area (Å²) in [5, 5.41) is 2.73. The fraction of sp³-hybridized carbons (Fsp3) is 0.333. The first-order chi connectivity index (χ1) is 17.3. The molecule has 3 aromatic rings. The van der Waals surface area contributed by atoms with Gasteiger partial charge in [0.2, 0.25) is 0 Å². The molecule has 0 radical (unpaired) electrons. The van der Waals surface area contributed by atoms with Crippen molar-refractivity contribution >= 4 is 17.3 Å². The van der Waals surface area contributed by atoms with Crippen LogP contribution in [-0.2, 0) is 10.9 Å². The van der Waals surface area contributed by atoms with Gasteiger partial charge in [0, 0.05) is 43.4 Å². The normalized spacial score (nSPS) is 15.7. The minimum atomic E-state index is -4.56. The molecule has 4 rings (SSSR count). The highest BCUT2D eigenvalue weighted by molar-refractivity contribution is 6.04. The van der Waals surface area contributed by atoms with Crippen molar-refractivity contribution in [2.24, 2.45) is 0 Å². The Kier molecular flexibility index (Phi) is 7.79. The number of halogens is 3. The first kappa shape index (κ1) is 25.5. The molecule has 0 spiro atoms. The molecule has 1 fully saturated rings. The number of aromatic nitrogens is 1. The number of pyridine rings is 1. The molecule has 1 N–H and O–H groups in total. The number of anilines is 2. The molecule has 190 valence electrons. The van der Waals surface area contributed by atoms with Crippen molar-refractivity contribution in [3.63, 3.8) is 0 Å². The predicted octanol–water partition coefficient (Wildman–Crippen LogP) is 5.68. The van der Waals surface area contributed by atoms with E-state index in [9.17, 15) is 18.0 Å². The van der Waals surface area contributed by atoms with Gasteiger partial charge < -0.3 is 19.7 Å². The third kappa shape index (κ3) is 5.79. The molecule has 0 unspecified atom stereocenters. The Morgan fingerprint density at radius 1 is 1.14 bits per heavy atom. The zero-order chi connectivity index (χ0) is 25.7. The van der Waals surface area contributed by atoms with E-state index in [2.05, 4.69) is 10.3 Å². The highest BCUT2D eigenvalue weighted by atomic mass is 19.4. The lowest BCUT2D eigenvalue weighted by Crippen LogP contribution is -2.23. The lowest BCUT2D eigenvalue weighted by Gasteiger charge is -2.25. The van der Waals surface area contributed by atoms with Gasteiger partial charge in [-0.3, -0.25) is 9.78 Å². The molecule has 1 amide bonds. The number of rotatable bonds is 8. The lowest BCUT2D eigenvalue weighted by molar-refractivity contribution is -0.138. The fourth-order valence-electron chi connectivity index (χ4n) is 4.55. The van der Waals surface area contributed by atoms with Crippen LogP contribution in [-0.4, -0.2) is 44.3 Å². The van der Waals surface area contributed by atoms with Crippen molar-refractivity contribution in [3.8, 4) is 5.75 Å². The highest BCUT2D eigenvalue weighted by Gasteiger charge is 2.40. The van der Waals surface area contributed by atoms with E-state index in [1.165, 1.54) is 13.0 Å². The highest BCUT2D eigenvalue weighted by Crippen LogP contribution is 2.44. The predicted molar refractivity (Wildman–Crippen MR) is 132 cm³/mol. The van der Waals surface area contributed by atoms with Crippen LogP contribution in [0.2, 0.25) is 0 Å². The Morgan fingerprint density at radius 3 is 2.64 bits per heavy atom. The van der Waals surface area contributed by atoms with Gasteiger partial charge in [-0.1, -0.05) is 24.3 Å². The van der Waals surface area contributed by atoms with Crippen LogP contribution >= 0.6 is 0 Å². The van der Waals surface area contributed by atoms with Crippen LogP contribution in [0.4, 0.5) is 24.5 Å². The van der Waals surface area contributed by atoms with Gasteiger partial charge in [-0.15, -0.1) is 0 Å². The molecule has 1 aliphatic rings. The Balaban J connectivity index is 1.63. The minimum absolute atomic E-state index is 0.120. The van der Waals surface area contributed by atoms with Gasteiger partial charge in [0.1, 0.15) is 12.4 Å². The summed E-state index contributed by atoms with van der Waals surface area (Å²) in [7, 11) is 1.58. The molecule has 0 saturated carbocycles. The third-order valence-corrected chi connectivity index (χ3v) is 6.24. The zero-order valence-electron chi connectivity index (χ0n) is 20.1. The van der Waals surface area contributed by atoms with Gasteiger partial charge in [0.05, 0.1) is 30.3 Å². The monoisotopic (exact) mass is 499 g/mol. The van der Waals surface area contributed by atoms with Gasteiger partial charge >= 0.3 is 6.18 Å². The summed E-state index contributed by atoms with van der Waals surface area (Å²) in [6, 6.07) is 13.2. The van der Waals surface area contributed by atoms with Crippen LogP contribution in [0.15, 0.2) is 60.9 Å². The largest absolute Gasteiger partial charge is 0.489 e. The summed E-state index contributed by atoms with van der Waals surface area (Å²) in [5.74, 6) is -0.324. The number of nitrogens with zero attached hydrogens (tertiary/aromatic N) is 2. The molecule has 0 bridgehead atoms. The second-order valence-electron chi connectivity index (χ2n) is 8.69. The molecule has 1 saturated heterocycles. The quantitative estimate of drug-likeness (QED) is 0.404. The first-order valence-corrected chi connectivity index (χ1v) is 11.7. The zero-order valence-corrected chi connectivity index (χ0v) is 20.1. The third-order valence-electron chi connectivity index (χ3n) is 6.24. The maximum Gasteiger partial charge on any atom is 0.417 e. The molecular formula is C27H28F3N3O3. The number of carbonyl (C=O) groups is 1. The number of hydrogen-bond donors (Lipinski definition) is 1. The van der Waals surface area contributed by atoms with Crippen LogP contribution < -0.4 is 15.0 Å². The Hall–Kier alpha value is -3.59. The average molecular weight is 500 g/mol. The van der Waals surface area contributed by atoms with Crippen LogP contribution in [0.1, 0.15) is 39.4 Å². The van der Waals surface area contributed by atoms with Crippen molar-refractivity contribution in [2.45, 2.75) is 25.4 Å². The van der Waals surface area contributed by atoms with Crippen LogP contribution in [0, 0.1) is 6.92 Å².